The van der Waals surface area contributed by atoms with Crippen molar-refractivity contribution in [2.45, 2.75) is 37.7 Å². The lowest BCUT2D eigenvalue weighted by molar-refractivity contribution is -0.384. The van der Waals surface area contributed by atoms with Crippen LogP contribution in [0.4, 0.5) is 5.69 Å². The number of benzene rings is 1. The van der Waals surface area contributed by atoms with E-state index in [1.54, 1.807) is 18.4 Å². The molecule has 0 aliphatic heterocycles. The summed E-state index contributed by atoms with van der Waals surface area (Å²) in [5.74, 6) is 1.56. The van der Waals surface area contributed by atoms with Gasteiger partial charge in [-0.2, -0.15) is 0 Å². The first-order valence-electron chi connectivity index (χ1n) is 7.90. The molecule has 0 saturated heterocycles. The van der Waals surface area contributed by atoms with Gasteiger partial charge >= 0.3 is 0 Å². The zero-order chi connectivity index (χ0) is 18.0. The Morgan fingerprint density at radius 2 is 2.16 bits per heavy atom. The van der Waals surface area contributed by atoms with Crippen LogP contribution in [0, 0.1) is 17.0 Å². The van der Waals surface area contributed by atoms with Crippen molar-refractivity contribution in [3.8, 4) is 11.4 Å². The van der Waals surface area contributed by atoms with Gasteiger partial charge < -0.3 is 8.98 Å². The minimum atomic E-state index is -0.380. The molecule has 1 atom stereocenters. The summed E-state index contributed by atoms with van der Waals surface area (Å²) in [7, 11) is 0. The van der Waals surface area contributed by atoms with Gasteiger partial charge in [-0.05, 0) is 32.4 Å². The number of nitro groups is 1. The Morgan fingerprint density at radius 3 is 2.80 bits per heavy atom. The molecule has 0 aliphatic rings. The van der Waals surface area contributed by atoms with Gasteiger partial charge in [0.1, 0.15) is 5.76 Å². The van der Waals surface area contributed by atoms with Crippen LogP contribution in [0.1, 0.15) is 30.4 Å². The zero-order valence-corrected chi connectivity index (χ0v) is 15.0. The smallest absolute Gasteiger partial charge is 0.269 e. The minimum Gasteiger partial charge on any atom is -0.469 e. The molecule has 0 spiro atoms. The van der Waals surface area contributed by atoms with E-state index in [4.69, 9.17) is 4.42 Å². The topological polar surface area (TPSA) is 87.0 Å². The highest BCUT2D eigenvalue weighted by Crippen LogP contribution is 2.36. The Balaban J connectivity index is 1.88. The Hall–Kier alpha value is -2.61. The minimum absolute atomic E-state index is 0.00713. The molecule has 0 radical (unpaired) electrons. The van der Waals surface area contributed by atoms with Crippen molar-refractivity contribution in [3.05, 3.63) is 58.0 Å². The molecular formula is C17H18N4O3S. The van der Waals surface area contributed by atoms with Crippen molar-refractivity contribution >= 4 is 17.4 Å². The molecule has 8 heteroatoms. The van der Waals surface area contributed by atoms with E-state index in [1.807, 2.05) is 37.5 Å². The van der Waals surface area contributed by atoms with Gasteiger partial charge in [-0.25, -0.2) is 0 Å². The van der Waals surface area contributed by atoms with Crippen LogP contribution in [0.15, 0.2) is 46.2 Å². The molecule has 0 aliphatic carbocycles. The second-order valence-electron chi connectivity index (χ2n) is 5.55. The normalized spacial score (nSPS) is 12.3. The second-order valence-corrected chi connectivity index (χ2v) is 6.86. The van der Waals surface area contributed by atoms with E-state index < -0.39 is 0 Å². The van der Waals surface area contributed by atoms with Gasteiger partial charge in [0.15, 0.2) is 11.0 Å². The van der Waals surface area contributed by atoms with Crippen LogP contribution in [-0.2, 0) is 6.54 Å². The third-order valence-corrected chi connectivity index (χ3v) is 5.10. The summed E-state index contributed by atoms with van der Waals surface area (Å²) in [6.07, 6.45) is 1.64. The van der Waals surface area contributed by atoms with E-state index in [2.05, 4.69) is 10.2 Å². The standard InChI is InChI=1S/C17H18N4O3S/c1-4-20-16(15-8-9-24-11(15)2)18-19-17(20)25-12(3)13-6-5-7-14(10-13)21(22)23/h5-10,12H,4H2,1-3H3. The molecule has 25 heavy (non-hydrogen) atoms. The van der Waals surface area contributed by atoms with Gasteiger partial charge in [0.25, 0.3) is 5.69 Å². The fraction of sp³-hybridized carbons (Fsp3) is 0.294. The number of hydrogen-bond acceptors (Lipinski definition) is 6. The maximum atomic E-state index is 11.0. The molecule has 0 fully saturated rings. The van der Waals surface area contributed by atoms with Crippen molar-refractivity contribution < 1.29 is 9.34 Å². The van der Waals surface area contributed by atoms with E-state index in [1.165, 1.54) is 17.8 Å². The van der Waals surface area contributed by atoms with Crippen molar-refractivity contribution in [2.24, 2.45) is 0 Å². The Kier molecular flexibility index (Phi) is 4.89. The van der Waals surface area contributed by atoms with E-state index in [0.717, 1.165) is 34.4 Å². The van der Waals surface area contributed by atoms with Crippen molar-refractivity contribution in [1.29, 1.82) is 0 Å². The molecular weight excluding hydrogens is 340 g/mol. The molecule has 7 nitrogen and oxygen atoms in total. The maximum Gasteiger partial charge on any atom is 0.269 e. The van der Waals surface area contributed by atoms with Crippen LogP contribution in [0.25, 0.3) is 11.4 Å². The largest absolute Gasteiger partial charge is 0.469 e. The lowest BCUT2D eigenvalue weighted by Gasteiger charge is -2.12. The molecule has 0 N–H and O–H groups in total. The van der Waals surface area contributed by atoms with Crippen molar-refractivity contribution in [3.63, 3.8) is 0 Å². The lowest BCUT2D eigenvalue weighted by Crippen LogP contribution is -2.01. The van der Waals surface area contributed by atoms with E-state index in [0.29, 0.717) is 0 Å². The summed E-state index contributed by atoms with van der Waals surface area (Å²) in [5, 5.41) is 20.4. The van der Waals surface area contributed by atoms with Gasteiger partial charge in [0.2, 0.25) is 0 Å². The van der Waals surface area contributed by atoms with E-state index >= 15 is 0 Å². The third-order valence-electron chi connectivity index (χ3n) is 3.97. The highest BCUT2D eigenvalue weighted by Gasteiger charge is 2.19. The molecule has 3 rings (SSSR count). The number of aromatic nitrogens is 3. The number of nitro benzene ring substituents is 1. The number of aryl methyl sites for hydroxylation is 1. The first-order chi connectivity index (χ1) is 12.0. The van der Waals surface area contributed by atoms with Crippen LogP contribution in [0.3, 0.4) is 0 Å². The molecule has 1 aromatic carbocycles. The summed E-state index contributed by atoms with van der Waals surface area (Å²) < 4.78 is 7.39. The first-order valence-corrected chi connectivity index (χ1v) is 8.78. The Bertz CT molecular complexity index is 903. The molecule has 0 saturated carbocycles. The Labute approximate surface area is 149 Å². The highest BCUT2D eigenvalue weighted by atomic mass is 32.2. The summed E-state index contributed by atoms with van der Waals surface area (Å²) >= 11 is 1.53. The second kappa shape index (κ2) is 7.10. The van der Waals surface area contributed by atoms with E-state index in [9.17, 15) is 10.1 Å². The van der Waals surface area contributed by atoms with Crippen LogP contribution >= 0.6 is 11.8 Å². The number of rotatable bonds is 6. The maximum absolute atomic E-state index is 11.0. The number of non-ortho nitro benzene ring substituents is 1. The fourth-order valence-corrected chi connectivity index (χ4v) is 3.62. The lowest BCUT2D eigenvalue weighted by atomic mass is 10.1. The van der Waals surface area contributed by atoms with Gasteiger partial charge in [0, 0.05) is 23.9 Å². The average molecular weight is 358 g/mol. The van der Waals surface area contributed by atoms with E-state index in [-0.39, 0.29) is 15.9 Å². The molecule has 3 aromatic rings. The fourth-order valence-electron chi connectivity index (χ4n) is 2.59. The SMILES string of the molecule is CCn1c(SC(C)c2cccc([N+](=O)[O-])c2)nnc1-c1ccoc1C. The summed E-state index contributed by atoms with van der Waals surface area (Å²) in [6.45, 7) is 6.64. The van der Waals surface area contributed by atoms with Crippen LogP contribution < -0.4 is 0 Å². The van der Waals surface area contributed by atoms with Crippen LogP contribution in [0.5, 0.6) is 0 Å². The highest BCUT2D eigenvalue weighted by molar-refractivity contribution is 7.99. The number of hydrogen-bond donors (Lipinski definition) is 0. The average Bonchev–Trinajstić information content (AvgIpc) is 3.20. The monoisotopic (exact) mass is 358 g/mol. The summed E-state index contributed by atoms with van der Waals surface area (Å²) in [6, 6.07) is 8.57. The zero-order valence-electron chi connectivity index (χ0n) is 14.2. The van der Waals surface area contributed by atoms with Crippen molar-refractivity contribution in [1.82, 2.24) is 14.8 Å². The molecule has 0 amide bonds. The van der Waals surface area contributed by atoms with Gasteiger partial charge in [0.05, 0.1) is 16.7 Å². The molecule has 1 unspecified atom stereocenters. The molecule has 2 aromatic heterocycles. The molecule has 0 bridgehead atoms. The van der Waals surface area contributed by atoms with Crippen LogP contribution in [0.2, 0.25) is 0 Å². The summed E-state index contributed by atoms with van der Waals surface area (Å²) in [4.78, 5) is 10.6. The third kappa shape index (κ3) is 3.43. The summed E-state index contributed by atoms with van der Waals surface area (Å²) in [5.41, 5.74) is 1.90. The van der Waals surface area contributed by atoms with Gasteiger partial charge in [-0.1, -0.05) is 23.9 Å². The first kappa shape index (κ1) is 17.2. The molecule has 130 valence electrons. The number of nitrogens with zero attached hydrogens (tertiary/aromatic N) is 4. The molecule has 2 heterocycles. The number of furan rings is 1. The quantitative estimate of drug-likeness (QED) is 0.363. The van der Waals surface area contributed by atoms with Gasteiger partial charge in [-0.15, -0.1) is 10.2 Å². The predicted octanol–water partition coefficient (Wildman–Crippen LogP) is 4.63. The van der Waals surface area contributed by atoms with Gasteiger partial charge in [-0.3, -0.25) is 10.1 Å². The Morgan fingerprint density at radius 1 is 1.36 bits per heavy atom. The number of thioether (sulfide) groups is 1. The predicted molar refractivity (Wildman–Crippen MR) is 95.5 cm³/mol. The van der Waals surface area contributed by atoms with Crippen LogP contribution in [-0.4, -0.2) is 19.7 Å². The van der Waals surface area contributed by atoms with Crippen molar-refractivity contribution in [2.75, 3.05) is 0 Å².